The Morgan fingerprint density at radius 3 is 1.75 bits per heavy atom. The molecule has 0 amide bonds. The van der Waals surface area contributed by atoms with Crippen molar-refractivity contribution in [2.24, 2.45) is 0 Å². The van der Waals surface area contributed by atoms with Gasteiger partial charge < -0.3 is 17.5 Å². The molecule has 0 aromatic rings. The van der Waals surface area contributed by atoms with Crippen LogP contribution in [0.4, 0.5) is 0 Å². The van der Waals surface area contributed by atoms with Crippen molar-refractivity contribution in [3.05, 3.63) is 0 Å². The smallest absolute Gasteiger partial charge is 0.0937 e. The molecule has 0 aromatic heterocycles. The van der Waals surface area contributed by atoms with Crippen LogP contribution in [0.1, 0.15) is 27.2 Å². The standard InChI is InChI=1S/C8H24O2SSi/c1-5-8-11(4,12,9-6-2)10-7-3/h11H,5-8H2,1-4,12H3. The van der Waals surface area contributed by atoms with Crippen LogP contribution in [0, 0.1) is 0 Å². The molecular weight excluding hydrogens is 188 g/mol. The molecule has 0 spiro atoms. The molecule has 78 valence electrons. The summed E-state index contributed by atoms with van der Waals surface area (Å²) in [6.07, 6.45) is 3.38. The van der Waals surface area contributed by atoms with Gasteiger partial charge in [-0.1, -0.05) is 6.92 Å². The highest BCUT2D eigenvalue weighted by Crippen LogP contribution is 2.64. The van der Waals surface area contributed by atoms with E-state index in [0.29, 0.717) is 0 Å². The summed E-state index contributed by atoms with van der Waals surface area (Å²) in [4.78, 5) is 0. The van der Waals surface area contributed by atoms with Crippen LogP contribution in [0.5, 0.6) is 0 Å². The Bertz CT molecular complexity index is 115. The van der Waals surface area contributed by atoms with E-state index in [-0.39, 0.29) is 0 Å². The summed E-state index contributed by atoms with van der Waals surface area (Å²) >= 11 is 0. The van der Waals surface area contributed by atoms with E-state index in [9.17, 15) is 0 Å². The molecule has 0 unspecified atom stereocenters. The second-order valence-electron chi connectivity index (χ2n) is 3.70. The fourth-order valence-electron chi connectivity index (χ4n) is 1.60. The van der Waals surface area contributed by atoms with Crippen molar-refractivity contribution in [2.45, 2.75) is 27.2 Å². The lowest BCUT2D eigenvalue weighted by molar-refractivity contribution is 0.273. The SMILES string of the molecule is CCC[SH](C)([SiH3])(OCC)OCC. The maximum Gasteiger partial charge on any atom is 0.0937 e. The van der Waals surface area contributed by atoms with Crippen molar-refractivity contribution in [1.29, 1.82) is 0 Å². The largest absolute Gasteiger partial charge is 0.320 e. The molecule has 0 heterocycles. The van der Waals surface area contributed by atoms with Crippen LogP contribution in [-0.4, -0.2) is 34.6 Å². The summed E-state index contributed by atoms with van der Waals surface area (Å²) < 4.78 is 11.7. The Hall–Kier alpha value is 0.487. The molecular formula is C8H24O2SSi. The quantitative estimate of drug-likeness (QED) is 0.528. The van der Waals surface area contributed by atoms with Crippen LogP contribution in [0.25, 0.3) is 0 Å². The Morgan fingerprint density at radius 1 is 1.08 bits per heavy atom. The average molecular weight is 212 g/mol. The van der Waals surface area contributed by atoms with Crippen LogP contribution >= 0.6 is 9.17 Å². The third kappa shape index (κ3) is 3.94. The number of hydrogen-bond donors (Lipinski definition) is 1. The zero-order chi connectivity index (χ0) is 9.69. The van der Waals surface area contributed by atoms with Crippen molar-refractivity contribution in [1.82, 2.24) is 0 Å². The van der Waals surface area contributed by atoms with E-state index in [1.807, 2.05) is 0 Å². The average Bonchev–Trinajstić information content (AvgIpc) is 1.86. The molecule has 0 atom stereocenters. The second kappa shape index (κ2) is 4.65. The molecule has 0 radical (unpaired) electrons. The van der Waals surface area contributed by atoms with Gasteiger partial charge in [-0.15, -0.1) is 0 Å². The van der Waals surface area contributed by atoms with Crippen LogP contribution in [0.15, 0.2) is 0 Å². The molecule has 0 saturated heterocycles. The summed E-state index contributed by atoms with van der Waals surface area (Å²) in [5, 5.41) is 0. The fraction of sp³-hybridized carbons (Fsp3) is 1.00. The summed E-state index contributed by atoms with van der Waals surface area (Å²) in [7, 11) is -1.03. The van der Waals surface area contributed by atoms with E-state index >= 15 is 0 Å². The Balaban J connectivity index is 4.31. The molecule has 0 aromatic carbocycles. The first-order chi connectivity index (χ1) is 5.46. The first-order valence-electron chi connectivity index (χ1n) is 4.77. The van der Waals surface area contributed by atoms with Crippen molar-refractivity contribution >= 4 is 18.6 Å². The molecule has 2 nitrogen and oxygen atoms in total. The fourth-order valence-corrected chi connectivity index (χ4v) is 7.69. The van der Waals surface area contributed by atoms with Gasteiger partial charge in [0.2, 0.25) is 0 Å². The van der Waals surface area contributed by atoms with Crippen LogP contribution < -0.4 is 0 Å². The molecule has 0 fully saturated rings. The van der Waals surface area contributed by atoms with E-state index in [2.05, 4.69) is 27.0 Å². The van der Waals surface area contributed by atoms with Crippen molar-refractivity contribution in [3.8, 4) is 0 Å². The van der Waals surface area contributed by atoms with Gasteiger partial charge in [0.1, 0.15) is 0 Å². The molecule has 0 aliphatic carbocycles. The van der Waals surface area contributed by atoms with Gasteiger partial charge in [0.15, 0.2) is 0 Å². The minimum absolute atomic E-state index is 0.790. The van der Waals surface area contributed by atoms with Gasteiger partial charge in [-0.3, -0.25) is 0 Å². The monoisotopic (exact) mass is 212 g/mol. The summed E-state index contributed by atoms with van der Waals surface area (Å²) in [6, 6.07) is 0. The highest BCUT2D eigenvalue weighted by molar-refractivity contribution is 8.57. The number of thiol groups is 1. The zero-order valence-corrected chi connectivity index (χ0v) is 12.0. The van der Waals surface area contributed by atoms with E-state index in [0.717, 1.165) is 34.8 Å². The first kappa shape index (κ1) is 12.5. The molecule has 4 heteroatoms. The summed E-state index contributed by atoms with van der Waals surface area (Å²) in [6.45, 7) is 7.88. The van der Waals surface area contributed by atoms with E-state index in [4.69, 9.17) is 8.37 Å². The maximum absolute atomic E-state index is 5.87. The van der Waals surface area contributed by atoms with Gasteiger partial charge in [0, 0.05) is 5.75 Å². The Morgan fingerprint density at radius 2 is 1.50 bits per heavy atom. The molecule has 0 rings (SSSR count). The normalized spacial score (nSPS) is 15.8. The third-order valence-corrected chi connectivity index (χ3v) is 8.64. The molecule has 0 aliphatic heterocycles. The van der Waals surface area contributed by atoms with Gasteiger partial charge in [-0.25, -0.2) is 0 Å². The molecule has 0 N–H and O–H groups in total. The third-order valence-electron chi connectivity index (χ3n) is 1.92. The molecule has 0 saturated carbocycles. The van der Waals surface area contributed by atoms with Gasteiger partial charge in [0.05, 0.1) is 22.6 Å². The van der Waals surface area contributed by atoms with E-state index in [1.165, 1.54) is 0 Å². The van der Waals surface area contributed by atoms with Crippen LogP contribution in [0.3, 0.4) is 0 Å². The first-order valence-corrected chi connectivity index (χ1v) is 10.6. The topological polar surface area (TPSA) is 18.5 Å². The number of rotatable bonds is 6. The van der Waals surface area contributed by atoms with Crippen LogP contribution in [0.2, 0.25) is 0 Å². The Kier molecular flexibility index (Phi) is 4.84. The molecule has 12 heavy (non-hydrogen) atoms. The second-order valence-corrected chi connectivity index (χ2v) is 15.7. The van der Waals surface area contributed by atoms with Gasteiger partial charge in [-0.05, 0) is 26.5 Å². The number of hydrogen-bond acceptors (Lipinski definition) is 2. The van der Waals surface area contributed by atoms with Crippen molar-refractivity contribution < 1.29 is 8.37 Å². The minimum atomic E-state index is -2.08. The maximum atomic E-state index is 5.87. The van der Waals surface area contributed by atoms with Crippen molar-refractivity contribution in [2.75, 3.05) is 25.2 Å². The highest BCUT2D eigenvalue weighted by Gasteiger charge is 2.23. The lowest BCUT2D eigenvalue weighted by Crippen LogP contribution is -2.26. The molecule has 0 aliphatic rings. The van der Waals surface area contributed by atoms with Gasteiger partial charge in [0.25, 0.3) is 0 Å². The van der Waals surface area contributed by atoms with Crippen LogP contribution in [-0.2, 0) is 8.37 Å². The van der Waals surface area contributed by atoms with E-state index in [1.54, 1.807) is 0 Å². The summed E-state index contributed by atoms with van der Waals surface area (Å²) in [5.41, 5.74) is 0. The minimum Gasteiger partial charge on any atom is -0.320 e. The Labute approximate surface area is 79.8 Å². The van der Waals surface area contributed by atoms with Crippen molar-refractivity contribution in [3.63, 3.8) is 0 Å². The predicted molar refractivity (Wildman–Crippen MR) is 63.3 cm³/mol. The lowest BCUT2D eigenvalue weighted by Gasteiger charge is -2.61. The zero-order valence-electron chi connectivity index (χ0n) is 9.09. The van der Waals surface area contributed by atoms with Gasteiger partial charge >= 0.3 is 0 Å². The van der Waals surface area contributed by atoms with E-state index < -0.39 is 9.17 Å². The highest BCUT2D eigenvalue weighted by atomic mass is 32.5. The summed E-state index contributed by atoms with van der Waals surface area (Å²) in [5.74, 6) is 1.12. The van der Waals surface area contributed by atoms with Gasteiger partial charge in [-0.2, -0.15) is 0 Å². The lowest BCUT2D eigenvalue weighted by atomic mass is 10.6. The molecule has 0 bridgehead atoms. The predicted octanol–water partition coefficient (Wildman–Crippen LogP) is 1.28.